The molecular weight excluding hydrogens is 526 g/mol. The lowest BCUT2D eigenvalue weighted by atomic mass is 10.2. The van der Waals surface area contributed by atoms with Gasteiger partial charge in [-0.05, 0) is 64.2 Å². The van der Waals surface area contributed by atoms with Crippen LogP contribution in [-0.2, 0) is 10.0 Å². The van der Waals surface area contributed by atoms with Gasteiger partial charge in [0.2, 0.25) is 16.0 Å². The molecule has 1 aliphatic rings. The maximum atomic E-state index is 12.4. The zero-order valence-corrected chi connectivity index (χ0v) is 23.8. The SMILES string of the molecule is COc1cc(N2CCN(C)CC2)ccc1Nc1ncc(Cl)c(Nc2ccc(NS(=O)(=O)C(C)(C)C)cc2)n1. The molecule has 12 heteroatoms. The van der Waals surface area contributed by atoms with E-state index in [-0.39, 0.29) is 0 Å². The number of aromatic nitrogens is 2. The van der Waals surface area contributed by atoms with Gasteiger partial charge in [0.25, 0.3) is 0 Å². The summed E-state index contributed by atoms with van der Waals surface area (Å²) in [6, 6.07) is 12.9. The Bertz CT molecular complexity index is 1370. The van der Waals surface area contributed by atoms with Crippen LogP contribution in [0.3, 0.4) is 0 Å². The minimum absolute atomic E-state index is 0.338. The van der Waals surface area contributed by atoms with Gasteiger partial charge in [0.15, 0.2) is 5.82 Å². The summed E-state index contributed by atoms with van der Waals surface area (Å²) in [4.78, 5) is 13.5. The average Bonchev–Trinajstić information content (AvgIpc) is 2.87. The number of nitrogens with zero attached hydrogens (tertiary/aromatic N) is 4. The summed E-state index contributed by atoms with van der Waals surface area (Å²) in [5.41, 5.74) is 2.99. The zero-order chi connectivity index (χ0) is 27.5. The second-order valence-electron chi connectivity index (χ2n) is 10.1. The maximum absolute atomic E-state index is 12.4. The topological polar surface area (TPSA) is 112 Å². The Labute approximate surface area is 229 Å². The first-order valence-electron chi connectivity index (χ1n) is 12.3. The minimum atomic E-state index is -3.52. The highest BCUT2D eigenvalue weighted by Crippen LogP contribution is 2.33. The van der Waals surface area contributed by atoms with Gasteiger partial charge in [-0.1, -0.05) is 11.6 Å². The normalized spacial score (nSPS) is 14.7. The Balaban J connectivity index is 1.47. The van der Waals surface area contributed by atoms with E-state index in [2.05, 4.69) is 48.2 Å². The fourth-order valence-corrected chi connectivity index (χ4v) is 4.64. The van der Waals surface area contributed by atoms with E-state index in [1.165, 1.54) is 6.20 Å². The number of rotatable bonds is 8. The van der Waals surface area contributed by atoms with Crippen LogP contribution in [0.5, 0.6) is 5.75 Å². The Hall–Kier alpha value is -3.28. The molecule has 10 nitrogen and oxygen atoms in total. The molecule has 0 aliphatic carbocycles. The van der Waals surface area contributed by atoms with Gasteiger partial charge >= 0.3 is 0 Å². The van der Waals surface area contributed by atoms with E-state index in [9.17, 15) is 8.42 Å². The number of sulfonamides is 1. The third-order valence-corrected chi connectivity index (χ3v) is 8.64. The van der Waals surface area contributed by atoms with Gasteiger partial charge in [-0.3, -0.25) is 4.72 Å². The van der Waals surface area contributed by atoms with E-state index in [4.69, 9.17) is 16.3 Å². The number of halogens is 1. The summed E-state index contributed by atoms with van der Waals surface area (Å²) in [6.07, 6.45) is 1.51. The Morgan fingerprint density at radius 3 is 2.26 bits per heavy atom. The summed E-state index contributed by atoms with van der Waals surface area (Å²) in [5, 5.41) is 6.71. The highest BCUT2D eigenvalue weighted by molar-refractivity contribution is 7.94. The molecule has 4 rings (SSSR count). The molecule has 3 aromatic rings. The molecule has 38 heavy (non-hydrogen) atoms. The second-order valence-corrected chi connectivity index (χ2v) is 13.0. The van der Waals surface area contributed by atoms with Crippen molar-refractivity contribution in [2.75, 3.05) is 60.6 Å². The van der Waals surface area contributed by atoms with Crippen molar-refractivity contribution in [1.82, 2.24) is 14.9 Å². The molecule has 204 valence electrons. The molecule has 1 aliphatic heterocycles. The highest BCUT2D eigenvalue weighted by Gasteiger charge is 2.28. The summed E-state index contributed by atoms with van der Waals surface area (Å²) < 4.78 is 32.1. The van der Waals surface area contributed by atoms with Gasteiger partial charge in [0, 0.05) is 49.3 Å². The zero-order valence-electron chi connectivity index (χ0n) is 22.2. The Morgan fingerprint density at radius 1 is 0.974 bits per heavy atom. The lowest BCUT2D eigenvalue weighted by Gasteiger charge is -2.34. The van der Waals surface area contributed by atoms with E-state index in [1.807, 2.05) is 12.1 Å². The van der Waals surface area contributed by atoms with Crippen molar-refractivity contribution in [2.45, 2.75) is 25.5 Å². The molecule has 0 saturated carbocycles. The van der Waals surface area contributed by atoms with Crippen molar-refractivity contribution in [3.63, 3.8) is 0 Å². The van der Waals surface area contributed by atoms with Crippen molar-refractivity contribution in [2.24, 2.45) is 0 Å². The first-order chi connectivity index (χ1) is 17.9. The molecule has 1 fully saturated rings. The van der Waals surface area contributed by atoms with Crippen LogP contribution in [0, 0.1) is 0 Å². The third-order valence-electron chi connectivity index (χ3n) is 6.25. The molecule has 1 saturated heterocycles. The fraction of sp³-hybridized carbons (Fsp3) is 0.385. The Kier molecular flexibility index (Phi) is 8.19. The quantitative estimate of drug-likeness (QED) is 0.354. The summed E-state index contributed by atoms with van der Waals surface area (Å²) in [5.74, 6) is 1.43. The van der Waals surface area contributed by atoms with Gasteiger partial charge in [-0.15, -0.1) is 0 Å². The predicted molar refractivity (Wildman–Crippen MR) is 155 cm³/mol. The van der Waals surface area contributed by atoms with Crippen LogP contribution in [-0.4, -0.2) is 68.4 Å². The minimum Gasteiger partial charge on any atom is -0.494 e. The number of hydrogen-bond donors (Lipinski definition) is 3. The molecule has 0 atom stereocenters. The molecule has 0 bridgehead atoms. The van der Waals surface area contributed by atoms with Crippen LogP contribution >= 0.6 is 11.6 Å². The van der Waals surface area contributed by atoms with Crippen LogP contribution in [0.4, 0.5) is 34.5 Å². The highest BCUT2D eigenvalue weighted by atomic mass is 35.5. The second kappa shape index (κ2) is 11.2. The van der Waals surface area contributed by atoms with Crippen molar-refractivity contribution >= 4 is 56.1 Å². The van der Waals surface area contributed by atoms with Crippen LogP contribution in [0.15, 0.2) is 48.7 Å². The maximum Gasteiger partial charge on any atom is 0.237 e. The molecule has 2 aromatic carbocycles. The molecule has 3 N–H and O–H groups in total. The van der Waals surface area contributed by atoms with Crippen LogP contribution < -0.4 is 25.0 Å². The van der Waals surface area contributed by atoms with Gasteiger partial charge in [-0.2, -0.15) is 4.98 Å². The largest absolute Gasteiger partial charge is 0.494 e. The first kappa shape index (κ1) is 27.7. The standard InChI is InChI=1S/C26H34ClN7O3S/c1-26(2,3)38(35,36)32-19-8-6-18(7-9-19)29-24-21(27)17-28-25(31-24)30-22-11-10-20(16-23(22)37-5)34-14-12-33(4)13-15-34/h6-11,16-17,32H,12-15H2,1-5H3,(H2,28,29,30,31). The fourth-order valence-electron chi connectivity index (χ4n) is 3.75. The van der Waals surface area contributed by atoms with Crippen LogP contribution in [0.1, 0.15) is 20.8 Å². The van der Waals surface area contributed by atoms with E-state index >= 15 is 0 Å². The lowest BCUT2D eigenvalue weighted by Crippen LogP contribution is -2.44. The number of methoxy groups -OCH3 is 1. The number of ether oxygens (including phenoxy) is 1. The van der Waals surface area contributed by atoms with Crippen LogP contribution in [0.2, 0.25) is 5.02 Å². The molecule has 0 radical (unpaired) electrons. The van der Waals surface area contributed by atoms with Crippen molar-refractivity contribution in [3.05, 3.63) is 53.7 Å². The first-order valence-corrected chi connectivity index (χ1v) is 14.1. The molecule has 1 aromatic heterocycles. The Morgan fingerprint density at radius 2 is 1.63 bits per heavy atom. The van der Waals surface area contributed by atoms with Crippen molar-refractivity contribution in [1.29, 1.82) is 0 Å². The van der Waals surface area contributed by atoms with Crippen molar-refractivity contribution in [3.8, 4) is 5.75 Å². The van der Waals surface area contributed by atoms with Gasteiger partial charge in [0.05, 0.1) is 23.7 Å². The van der Waals surface area contributed by atoms with E-state index in [0.29, 0.717) is 33.9 Å². The van der Waals surface area contributed by atoms with Gasteiger partial charge < -0.3 is 25.2 Å². The molecule has 0 unspecified atom stereocenters. The third kappa shape index (κ3) is 6.58. The predicted octanol–water partition coefficient (Wildman–Crippen LogP) is 4.92. The smallest absolute Gasteiger partial charge is 0.237 e. The molecule has 0 amide bonds. The van der Waals surface area contributed by atoms with E-state index in [1.54, 1.807) is 52.1 Å². The number of likely N-dealkylation sites (N-methyl/N-ethyl adjacent to an activating group) is 1. The summed E-state index contributed by atoms with van der Waals surface area (Å²) in [7, 11) is 0.249. The van der Waals surface area contributed by atoms with E-state index < -0.39 is 14.8 Å². The summed E-state index contributed by atoms with van der Waals surface area (Å²) >= 11 is 6.35. The number of anilines is 6. The monoisotopic (exact) mass is 559 g/mol. The van der Waals surface area contributed by atoms with Crippen molar-refractivity contribution < 1.29 is 13.2 Å². The van der Waals surface area contributed by atoms with Crippen LogP contribution in [0.25, 0.3) is 0 Å². The van der Waals surface area contributed by atoms with Gasteiger partial charge in [-0.25, -0.2) is 13.4 Å². The molecule has 2 heterocycles. The number of piperazine rings is 1. The van der Waals surface area contributed by atoms with Gasteiger partial charge in [0.1, 0.15) is 10.8 Å². The number of benzene rings is 2. The average molecular weight is 560 g/mol. The summed E-state index contributed by atoms with van der Waals surface area (Å²) in [6.45, 7) is 8.90. The van der Waals surface area contributed by atoms with E-state index in [0.717, 1.165) is 37.6 Å². The molecular formula is C26H34ClN7O3S. The lowest BCUT2D eigenvalue weighted by molar-refractivity contribution is 0.312. The number of hydrogen-bond acceptors (Lipinski definition) is 9. The number of nitrogens with one attached hydrogen (secondary N) is 3. The molecule has 0 spiro atoms.